The molecule has 3 nitrogen and oxygen atoms in total. The molecular formula is C6H3Br2NO2. The molecule has 5 heteroatoms. The van der Waals surface area contributed by atoms with Gasteiger partial charge >= 0.3 is 5.97 Å². The van der Waals surface area contributed by atoms with E-state index in [2.05, 4.69) is 36.8 Å². The monoisotopic (exact) mass is 279 g/mol. The number of carboxylic acids is 1. The minimum absolute atomic E-state index is 0.152. The second kappa shape index (κ2) is 3.32. The predicted molar refractivity (Wildman–Crippen MR) is 46.6 cm³/mol. The van der Waals surface area contributed by atoms with E-state index in [0.717, 1.165) is 0 Å². The normalized spacial score (nSPS) is 9.64. The van der Waals surface area contributed by atoms with Gasteiger partial charge in [0, 0.05) is 10.7 Å². The Hall–Kier alpha value is -0.420. The molecule has 0 aliphatic rings. The molecule has 1 aromatic heterocycles. The highest BCUT2D eigenvalue weighted by atomic mass is 79.9. The molecule has 58 valence electrons. The van der Waals surface area contributed by atoms with Crippen LogP contribution in [0, 0.1) is 0 Å². The molecule has 0 saturated heterocycles. The van der Waals surface area contributed by atoms with E-state index in [9.17, 15) is 4.79 Å². The third kappa shape index (κ3) is 2.00. The van der Waals surface area contributed by atoms with Gasteiger partial charge in [-0.2, -0.15) is 0 Å². The molecule has 11 heavy (non-hydrogen) atoms. The van der Waals surface area contributed by atoms with Crippen LogP contribution in [0.5, 0.6) is 0 Å². The van der Waals surface area contributed by atoms with Gasteiger partial charge in [0.1, 0.15) is 4.60 Å². The van der Waals surface area contributed by atoms with Crippen molar-refractivity contribution < 1.29 is 9.90 Å². The Morgan fingerprint density at radius 1 is 1.55 bits per heavy atom. The largest absolute Gasteiger partial charge is 0.478 e. The van der Waals surface area contributed by atoms with Crippen LogP contribution < -0.4 is 0 Å². The fourth-order valence-corrected chi connectivity index (χ4v) is 1.29. The molecule has 1 heterocycles. The molecule has 0 amide bonds. The van der Waals surface area contributed by atoms with E-state index in [1.807, 2.05) is 0 Å². The maximum Gasteiger partial charge on any atom is 0.338 e. The van der Waals surface area contributed by atoms with Gasteiger partial charge in [-0.15, -0.1) is 0 Å². The van der Waals surface area contributed by atoms with Crippen molar-refractivity contribution in [3.8, 4) is 0 Å². The van der Waals surface area contributed by atoms with Gasteiger partial charge in [-0.3, -0.25) is 0 Å². The van der Waals surface area contributed by atoms with Crippen molar-refractivity contribution in [3.63, 3.8) is 0 Å². The van der Waals surface area contributed by atoms with Crippen molar-refractivity contribution >= 4 is 37.8 Å². The van der Waals surface area contributed by atoms with Gasteiger partial charge in [0.2, 0.25) is 0 Å². The van der Waals surface area contributed by atoms with Gasteiger partial charge in [-0.1, -0.05) is 0 Å². The van der Waals surface area contributed by atoms with Crippen LogP contribution in [0.1, 0.15) is 10.4 Å². The van der Waals surface area contributed by atoms with E-state index < -0.39 is 5.97 Å². The number of carbonyl (C=O) groups is 1. The van der Waals surface area contributed by atoms with Crippen LogP contribution in [0.15, 0.2) is 21.3 Å². The number of rotatable bonds is 1. The smallest absolute Gasteiger partial charge is 0.338 e. The summed E-state index contributed by atoms with van der Waals surface area (Å²) < 4.78 is 0.992. The first-order chi connectivity index (χ1) is 5.11. The van der Waals surface area contributed by atoms with Crippen LogP contribution in [-0.2, 0) is 0 Å². The van der Waals surface area contributed by atoms with E-state index in [1.54, 1.807) is 0 Å². The van der Waals surface area contributed by atoms with E-state index in [1.165, 1.54) is 12.3 Å². The third-order valence-electron chi connectivity index (χ3n) is 1.04. The number of hydrogen-bond acceptors (Lipinski definition) is 2. The molecule has 1 aromatic rings. The fourth-order valence-electron chi connectivity index (χ4n) is 0.573. The van der Waals surface area contributed by atoms with E-state index >= 15 is 0 Å². The van der Waals surface area contributed by atoms with Crippen LogP contribution in [0.25, 0.3) is 0 Å². The van der Waals surface area contributed by atoms with Crippen molar-refractivity contribution in [2.75, 3.05) is 0 Å². The van der Waals surface area contributed by atoms with E-state index in [4.69, 9.17) is 5.11 Å². The standard InChI is InChI=1S/C6H3Br2NO2/c7-3-1-4(6(10)11)5(8)9-2-3/h1-2H,(H,10,11). The molecule has 0 bridgehead atoms. The van der Waals surface area contributed by atoms with Crippen molar-refractivity contribution in [3.05, 3.63) is 26.9 Å². The Balaban J connectivity index is 3.23. The Kier molecular flexibility index (Phi) is 2.62. The molecule has 0 aliphatic heterocycles. The lowest BCUT2D eigenvalue weighted by Crippen LogP contribution is -1.98. The maximum absolute atomic E-state index is 10.5. The maximum atomic E-state index is 10.5. The van der Waals surface area contributed by atoms with Crippen LogP contribution in [0.2, 0.25) is 0 Å². The number of halogens is 2. The zero-order valence-corrected chi connectivity index (χ0v) is 8.39. The van der Waals surface area contributed by atoms with Crippen molar-refractivity contribution in [1.82, 2.24) is 4.98 Å². The Labute approximate surface area is 79.7 Å². The van der Waals surface area contributed by atoms with Gasteiger partial charge < -0.3 is 5.11 Å². The fraction of sp³-hybridized carbons (Fsp3) is 0. The molecule has 0 atom stereocenters. The highest BCUT2D eigenvalue weighted by molar-refractivity contribution is 9.11. The average Bonchev–Trinajstić information content (AvgIpc) is 1.94. The number of nitrogens with zero attached hydrogens (tertiary/aromatic N) is 1. The van der Waals surface area contributed by atoms with Gasteiger partial charge in [0.25, 0.3) is 0 Å². The number of aromatic carboxylic acids is 1. The first-order valence-electron chi connectivity index (χ1n) is 2.65. The first kappa shape index (κ1) is 8.67. The summed E-state index contributed by atoms with van der Waals surface area (Å²) in [5, 5.41) is 8.60. The zero-order chi connectivity index (χ0) is 8.43. The van der Waals surface area contributed by atoms with Gasteiger partial charge in [-0.25, -0.2) is 9.78 Å². The lowest BCUT2D eigenvalue weighted by molar-refractivity contribution is 0.0695. The zero-order valence-electron chi connectivity index (χ0n) is 5.21. The molecule has 1 rings (SSSR count). The summed E-state index contributed by atoms with van der Waals surface area (Å²) in [5.41, 5.74) is 0.152. The van der Waals surface area contributed by atoms with Gasteiger partial charge in [0.15, 0.2) is 0 Å². The van der Waals surface area contributed by atoms with Crippen LogP contribution in [0.3, 0.4) is 0 Å². The molecule has 0 aromatic carbocycles. The summed E-state index contributed by atoms with van der Waals surface area (Å²) >= 11 is 6.14. The quantitative estimate of drug-likeness (QED) is 0.803. The van der Waals surface area contributed by atoms with Crippen LogP contribution >= 0.6 is 31.9 Å². The number of pyridine rings is 1. The Morgan fingerprint density at radius 2 is 2.18 bits per heavy atom. The summed E-state index contributed by atoms with van der Waals surface area (Å²) in [4.78, 5) is 14.3. The average molecular weight is 281 g/mol. The third-order valence-corrected chi connectivity index (χ3v) is 2.10. The first-order valence-corrected chi connectivity index (χ1v) is 4.24. The molecule has 0 radical (unpaired) electrons. The van der Waals surface area contributed by atoms with Gasteiger partial charge in [-0.05, 0) is 37.9 Å². The van der Waals surface area contributed by atoms with Crippen molar-refractivity contribution in [1.29, 1.82) is 0 Å². The molecule has 1 N–H and O–H groups in total. The lowest BCUT2D eigenvalue weighted by Gasteiger charge is -1.96. The summed E-state index contributed by atoms with van der Waals surface area (Å²) in [7, 11) is 0. The summed E-state index contributed by atoms with van der Waals surface area (Å²) in [6.07, 6.45) is 1.52. The molecule has 0 spiro atoms. The number of aromatic nitrogens is 1. The summed E-state index contributed by atoms with van der Waals surface area (Å²) in [6, 6.07) is 1.49. The van der Waals surface area contributed by atoms with E-state index in [-0.39, 0.29) is 5.56 Å². The highest BCUT2D eigenvalue weighted by Crippen LogP contribution is 2.17. The lowest BCUT2D eigenvalue weighted by atomic mass is 10.3. The topological polar surface area (TPSA) is 50.2 Å². The van der Waals surface area contributed by atoms with Crippen molar-refractivity contribution in [2.24, 2.45) is 0 Å². The van der Waals surface area contributed by atoms with E-state index in [0.29, 0.717) is 9.08 Å². The molecule has 0 fully saturated rings. The predicted octanol–water partition coefficient (Wildman–Crippen LogP) is 2.30. The number of hydrogen-bond donors (Lipinski definition) is 1. The molecule has 0 saturated carbocycles. The Bertz CT molecular complexity index is 301. The van der Waals surface area contributed by atoms with Crippen LogP contribution in [-0.4, -0.2) is 16.1 Å². The number of carboxylic acid groups (broad SMARTS) is 1. The second-order valence-corrected chi connectivity index (χ2v) is 3.46. The highest BCUT2D eigenvalue weighted by Gasteiger charge is 2.08. The molecule has 0 aliphatic carbocycles. The minimum atomic E-state index is -0.995. The Morgan fingerprint density at radius 3 is 2.64 bits per heavy atom. The summed E-state index contributed by atoms with van der Waals surface area (Å²) in [5.74, 6) is -0.995. The summed E-state index contributed by atoms with van der Waals surface area (Å²) in [6.45, 7) is 0. The molecule has 0 unspecified atom stereocenters. The molecular weight excluding hydrogens is 278 g/mol. The van der Waals surface area contributed by atoms with Gasteiger partial charge in [0.05, 0.1) is 5.56 Å². The second-order valence-electron chi connectivity index (χ2n) is 1.80. The SMILES string of the molecule is O=C(O)c1cc(Br)cnc1Br. The van der Waals surface area contributed by atoms with Crippen LogP contribution in [0.4, 0.5) is 0 Å². The van der Waals surface area contributed by atoms with Crippen molar-refractivity contribution in [2.45, 2.75) is 0 Å². The minimum Gasteiger partial charge on any atom is -0.478 e.